The second-order valence-corrected chi connectivity index (χ2v) is 10.2. The number of rotatable bonds is 6. The summed E-state index contributed by atoms with van der Waals surface area (Å²) in [6.07, 6.45) is 1.20. The number of halogens is 2. The summed E-state index contributed by atoms with van der Waals surface area (Å²) < 4.78 is 27.1. The molecule has 0 radical (unpaired) electrons. The fourth-order valence-electron chi connectivity index (χ4n) is 3.42. The van der Waals surface area contributed by atoms with Gasteiger partial charge in [0.1, 0.15) is 0 Å². The Morgan fingerprint density at radius 1 is 1.03 bits per heavy atom. The molecule has 2 aromatic rings. The molecule has 0 saturated carbocycles. The zero-order chi connectivity index (χ0) is 22.6. The van der Waals surface area contributed by atoms with Gasteiger partial charge in [-0.1, -0.05) is 29.3 Å². The summed E-state index contributed by atoms with van der Waals surface area (Å²) in [5.41, 5.74) is 1.75. The van der Waals surface area contributed by atoms with Gasteiger partial charge in [0.25, 0.3) is 0 Å². The molecular weight excluding hydrogens is 461 g/mol. The molecule has 7 nitrogen and oxygen atoms in total. The molecule has 1 saturated heterocycles. The van der Waals surface area contributed by atoms with E-state index in [1.807, 2.05) is 0 Å². The molecule has 10 heteroatoms. The third-order valence-corrected chi connectivity index (χ3v) is 7.51. The van der Waals surface area contributed by atoms with Gasteiger partial charge in [-0.05, 0) is 54.8 Å². The molecule has 2 amide bonds. The average molecular weight is 484 g/mol. The van der Waals surface area contributed by atoms with Crippen LogP contribution in [0.1, 0.15) is 25.3 Å². The molecule has 31 heavy (non-hydrogen) atoms. The molecule has 0 spiro atoms. The van der Waals surface area contributed by atoms with Crippen LogP contribution >= 0.6 is 23.2 Å². The summed E-state index contributed by atoms with van der Waals surface area (Å²) in [6, 6.07) is 11.5. The van der Waals surface area contributed by atoms with Crippen LogP contribution in [-0.4, -0.2) is 37.6 Å². The first-order chi connectivity index (χ1) is 14.6. The Labute approximate surface area is 191 Å². The van der Waals surface area contributed by atoms with Crippen molar-refractivity contribution in [1.82, 2.24) is 4.31 Å². The normalized spacial score (nSPS) is 17.2. The highest BCUT2D eigenvalue weighted by Gasteiger charge is 2.32. The predicted octanol–water partition coefficient (Wildman–Crippen LogP) is 4.13. The van der Waals surface area contributed by atoms with E-state index in [-0.39, 0.29) is 24.1 Å². The Kier molecular flexibility index (Phi) is 7.59. The zero-order valence-corrected chi connectivity index (χ0v) is 19.2. The first-order valence-electron chi connectivity index (χ1n) is 9.74. The van der Waals surface area contributed by atoms with Crippen molar-refractivity contribution < 1.29 is 18.0 Å². The molecule has 0 aliphatic carbocycles. The van der Waals surface area contributed by atoms with Crippen molar-refractivity contribution in [3.63, 3.8) is 0 Å². The minimum absolute atomic E-state index is 0.124. The number of hydrogen-bond donors (Lipinski definition) is 2. The van der Waals surface area contributed by atoms with Crippen LogP contribution in [0.25, 0.3) is 0 Å². The minimum Gasteiger partial charge on any atom is -0.326 e. The quantitative estimate of drug-likeness (QED) is 0.645. The van der Waals surface area contributed by atoms with Gasteiger partial charge in [0.05, 0.1) is 21.7 Å². The van der Waals surface area contributed by atoms with Crippen LogP contribution in [0.15, 0.2) is 42.5 Å². The SMILES string of the molecule is CC(=O)Nc1ccc(NC(=O)C2CCCN(S(=O)(=O)Cc3ccc(Cl)c(Cl)c3)C2)cc1. The molecular formula is C21H23Cl2N3O4S. The van der Waals surface area contributed by atoms with Crippen LogP contribution < -0.4 is 10.6 Å². The van der Waals surface area contributed by atoms with Gasteiger partial charge in [-0.25, -0.2) is 12.7 Å². The van der Waals surface area contributed by atoms with Crippen molar-refractivity contribution in [2.75, 3.05) is 23.7 Å². The van der Waals surface area contributed by atoms with E-state index in [0.717, 1.165) is 0 Å². The third kappa shape index (κ3) is 6.43. The fraction of sp³-hybridized carbons (Fsp3) is 0.333. The highest BCUT2D eigenvalue weighted by Crippen LogP contribution is 2.26. The number of anilines is 2. The summed E-state index contributed by atoms with van der Waals surface area (Å²) >= 11 is 11.9. The lowest BCUT2D eigenvalue weighted by molar-refractivity contribution is -0.121. The van der Waals surface area contributed by atoms with Gasteiger partial charge in [0.15, 0.2) is 0 Å². The Hall–Kier alpha value is -2.13. The first kappa shape index (κ1) is 23.5. The maximum Gasteiger partial charge on any atom is 0.228 e. The molecule has 0 aromatic heterocycles. The summed E-state index contributed by atoms with van der Waals surface area (Å²) in [7, 11) is -3.61. The van der Waals surface area contributed by atoms with Crippen molar-refractivity contribution in [2.45, 2.75) is 25.5 Å². The highest BCUT2D eigenvalue weighted by molar-refractivity contribution is 7.88. The molecule has 1 fully saturated rings. The van der Waals surface area contributed by atoms with Gasteiger partial charge >= 0.3 is 0 Å². The highest BCUT2D eigenvalue weighted by atomic mass is 35.5. The number of sulfonamides is 1. The maximum absolute atomic E-state index is 12.9. The Morgan fingerprint density at radius 3 is 2.29 bits per heavy atom. The molecule has 1 aliphatic heterocycles. The average Bonchev–Trinajstić information content (AvgIpc) is 2.72. The summed E-state index contributed by atoms with van der Waals surface area (Å²) in [4.78, 5) is 23.8. The minimum atomic E-state index is -3.61. The van der Waals surface area contributed by atoms with Gasteiger partial charge in [0, 0.05) is 31.4 Å². The number of hydrogen-bond acceptors (Lipinski definition) is 4. The van der Waals surface area contributed by atoms with Crippen LogP contribution in [0.5, 0.6) is 0 Å². The van der Waals surface area contributed by atoms with Crippen molar-refractivity contribution in [2.24, 2.45) is 5.92 Å². The van der Waals surface area contributed by atoms with E-state index in [1.54, 1.807) is 42.5 Å². The van der Waals surface area contributed by atoms with Crippen molar-refractivity contribution in [1.29, 1.82) is 0 Å². The van der Waals surface area contributed by atoms with Gasteiger partial charge < -0.3 is 10.6 Å². The number of nitrogens with one attached hydrogen (secondary N) is 2. The largest absolute Gasteiger partial charge is 0.326 e. The standard InChI is InChI=1S/C21H23Cl2N3O4S/c1-14(27)24-17-5-7-18(8-6-17)25-21(28)16-3-2-10-26(12-16)31(29,30)13-15-4-9-19(22)20(23)11-15/h4-9,11,16H,2-3,10,12-13H2,1H3,(H,24,27)(H,25,28). The first-order valence-corrected chi connectivity index (χ1v) is 12.1. The smallest absolute Gasteiger partial charge is 0.228 e. The number of benzene rings is 2. The number of carbonyl (C=O) groups is 2. The lowest BCUT2D eigenvalue weighted by Crippen LogP contribution is -2.44. The van der Waals surface area contributed by atoms with Crippen molar-refractivity contribution in [3.05, 3.63) is 58.1 Å². The van der Waals surface area contributed by atoms with Crippen molar-refractivity contribution >= 4 is 56.4 Å². The van der Waals surface area contributed by atoms with Gasteiger partial charge in [-0.3, -0.25) is 9.59 Å². The lowest BCUT2D eigenvalue weighted by atomic mass is 9.98. The predicted molar refractivity (Wildman–Crippen MR) is 123 cm³/mol. The van der Waals surface area contributed by atoms with Crippen LogP contribution in [0.4, 0.5) is 11.4 Å². The Bertz CT molecular complexity index is 1070. The van der Waals surface area contributed by atoms with E-state index < -0.39 is 15.9 Å². The second kappa shape index (κ2) is 9.99. The molecule has 0 bridgehead atoms. The molecule has 1 heterocycles. The Morgan fingerprint density at radius 2 is 1.68 bits per heavy atom. The van der Waals surface area contributed by atoms with Crippen LogP contribution in [-0.2, 0) is 25.4 Å². The van der Waals surface area contributed by atoms with Gasteiger partial charge in [0.2, 0.25) is 21.8 Å². The van der Waals surface area contributed by atoms with E-state index >= 15 is 0 Å². The van der Waals surface area contributed by atoms with Gasteiger partial charge in [-0.15, -0.1) is 0 Å². The van der Waals surface area contributed by atoms with E-state index in [4.69, 9.17) is 23.2 Å². The zero-order valence-electron chi connectivity index (χ0n) is 16.9. The van der Waals surface area contributed by atoms with Gasteiger partial charge in [-0.2, -0.15) is 0 Å². The topological polar surface area (TPSA) is 95.6 Å². The van der Waals surface area contributed by atoms with E-state index in [1.165, 1.54) is 11.2 Å². The van der Waals surface area contributed by atoms with Crippen molar-refractivity contribution in [3.8, 4) is 0 Å². The van der Waals surface area contributed by atoms with Crippen LogP contribution in [0, 0.1) is 5.92 Å². The monoisotopic (exact) mass is 483 g/mol. The van der Waals surface area contributed by atoms with E-state index in [9.17, 15) is 18.0 Å². The van der Waals surface area contributed by atoms with E-state index in [2.05, 4.69) is 10.6 Å². The van der Waals surface area contributed by atoms with Crippen LogP contribution in [0.3, 0.4) is 0 Å². The molecule has 3 rings (SSSR count). The number of carbonyl (C=O) groups excluding carboxylic acids is 2. The number of piperidine rings is 1. The lowest BCUT2D eigenvalue weighted by Gasteiger charge is -2.31. The molecule has 1 unspecified atom stereocenters. The maximum atomic E-state index is 12.9. The summed E-state index contributed by atoms with van der Waals surface area (Å²) in [6.45, 7) is 1.92. The number of amides is 2. The third-order valence-electron chi connectivity index (χ3n) is 4.95. The molecule has 2 aromatic carbocycles. The second-order valence-electron chi connectivity index (χ2n) is 7.45. The molecule has 1 atom stereocenters. The fourth-order valence-corrected chi connectivity index (χ4v) is 5.34. The molecule has 1 aliphatic rings. The molecule has 166 valence electrons. The Balaban J connectivity index is 1.62. The van der Waals surface area contributed by atoms with Crippen LogP contribution in [0.2, 0.25) is 10.0 Å². The van der Waals surface area contributed by atoms with E-state index in [0.29, 0.717) is 46.4 Å². The summed E-state index contributed by atoms with van der Waals surface area (Å²) in [5.74, 6) is -1.07. The number of nitrogens with zero attached hydrogens (tertiary/aromatic N) is 1. The summed E-state index contributed by atoms with van der Waals surface area (Å²) in [5, 5.41) is 6.14. The molecule has 2 N–H and O–H groups in total.